The number of quaternary nitrogens is 1. The summed E-state index contributed by atoms with van der Waals surface area (Å²) in [6.45, 7) is 5.77. The predicted molar refractivity (Wildman–Crippen MR) is 201 cm³/mol. The van der Waals surface area contributed by atoms with E-state index in [2.05, 4.69) is 22.1 Å². The molecule has 4 atom stereocenters. The second-order valence-electron chi connectivity index (χ2n) is 14.2. The Balaban J connectivity index is 1.36. The van der Waals surface area contributed by atoms with E-state index < -0.39 is 48.0 Å². The van der Waals surface area contributed by atoms with Crippen LogP contribution in [0.15, 0.2) is 23.3 Å². The van der Waals surface area contributed by atoms with Crippen molar-refractivity contribution in [2.24, 2.45) is 5.92 Å². The fraction of sp³-hybridized carbons (Fsp3) is 0.488. The first-order valence-corrected chi connectivity index (χ1v) is 18.6. The van der Waals surface area contributed by atoms with Gasteiger partial charge in [-0.3, -0.25) is 9.78 Å². The Morgan fingerprint density at radius 2 is 1.70 bits per heavy atom. The molecule has 0 amide bonds. The third-order valence-electron chi connectivity index (χ3n) is 10.4. The van der Waals surface area contributed by atoms with Gasteiger partial charge in [-0.05, 0) is 52.5 Å². The van der Waals surface area contributed by atoms with Gasteiger partial charge in [0.05, 0.1) is 36.8 Å². The first-order chi connectivity index (χ1) is 27.0. The molecule has 2 saturated heterocycles. The van der Waals surface area contributed by atoms with Crippen LogP contribution in [-0.4, -0.2) is 85.7 Å². The highest BCUT2D eigenvalue weighted by Gasteiger charge is 2.40. The lowest BCUT2D eigenvalue weighted by Crippen LogP contribution is -2.93. The van der Waals surface area contributed by atoms with Gasteiger partial charge in [0.2, 0.25) is 5.43 Å². The number of nitrogens with two attached hydrogens (primary N) is 1. The van der Waals surface area contributed by atoms with E-state index >= 15 is 4.39 Å². The average molecular weight is 774 g/mol. The molecule has 0 bridgehead atoms. The van der Waals surface area contributed by atoms with Crippen molar-refractivity contribution in [3.8, 4) is 36.2 Å². The second kappa shape index (κ2) is 17.5. The number of esters is 3. The average Bonchev–Trinajstić information content (AvgIpc) is 3.95. The molecule has 6 rings (SSSR count). The number of hydrogen-bond acceptors (Lipinski definition) is 12. The minimum atomic E-state index is -1.05. The molecule has 4 heterocycles. The van der Waals surface area contributed by atoms with Crippen LogP contribution in [0.4, 0.5) is 10.1 Å². The quantitative estimate of drug-likeness (QED) is 0.178. The number of aromatic nitrogens is 2. The minimum Gasteiger partial charge on any atom is -0.492 e. The van der Waals surface area contributed by atoms with E-state index in [4.69, 9.17) is 41.3 Å². The van der Waals surface area contributed by atoms with Crippen LogP contribution in [0.25, 0.3) is 10.9 Å². The molecule has 3 aromatic rings. The van der Waals surface area contributed by atoms with Crippen LogP contribution in [0.1, 0.15) is 72.8 Å². The Bertz CT molecular complexity index is 2140. The molecule has 2 aromatic heterocycles. The number of rotatable bonds is 15. The number of ether oxygens (including phenoxy) is 6. The summed E-state index contributed by atoms with van der Waals surface area (Å²) in [6, 6.07) is 1.47. The molecule has 4 unspecified atom stereocenters. The van der Waals surface area contributed by atoms with Crippen LogP contribution in [0.3, 0.4) is 0 Å². The lowest BCUT2D eigenvalue weighted by Gasteiger charge is -2.24. The molecule has 15 heteroatoms. The van der Waals surface area contributed by atoms with E-state index in [0.717, 1.165) is 32.2 Å². The SMILES string of the molecule is C#CCOC(C)C(=O)OCc1cnc(C)c(OC(=O)c2cn(C3CC3)c3c(OC)c(N4CC5CCC[NH2+]C5C4)c(F)cc3c2=O)c1COC(=O)C(C)OCC#C. The number of hydrogen-bond donors (Lipinski definition) is 1. The highest BCUT2D eigenvalue weighted by atomic mass is 19.1. The third-order valence-corrected chi connectivity index (χ3v) is 10.4. The Morgan fingerprint density at radius 1 is 1.02 bits per heavy atom. The van der Waals surface area contributed by atoms with E-state index in [1.54, 1.807) is 11.5 Å². The maximum atomic E-state index is 16.3. The van der Waals surface area contributed by atoms with Gasteiger partial charge in [-0.1, -0.05) is 11.8 Å². The maximum Gasteiger partial charge on any atom is 0.349 e. The van der Waals surface area contributed by atoms with Crippen molar-refractivity contribution >= 4 is 34.5 Å². The molecule has 14 nitrogen and oxygen atoms in total. The molecule has 1 aromatic carbocycles. The van der Waals surface area contributed by atoms with Gasteiger partial charge in [0.25, 0.3) is 0 Å². The number of terminal acetylenes is 2. The third kappa shape index (κ3) is 8.50. The van der Waals surface area contributed by atoms with Gasteiger partial charge in [-0.15, -0.1) is 12.8 Å². The van der Waals surface area contributed by atoms with E-state index in [0.29, 0.717) is 36.3 Å². The van der Waals surface area contributed by atoms with Gasteiger partial charge < -0.3 is 43.2 Å². The summed E-state index contributed by atoms with van der Waals surface area (Å²) < 4.78 is 51.3. The topological polar surface area (TPSA) is 161 Å². The zero-order valence-electron chi connectivity index (χ0n) is 31.9. The number of fused-ring (bicyclic) bond motifs is 2. The van der Waals surface area contributed by atoms with E-state index in [1.807, 2.05) is 4.90 Å². The zero-order chi connectivity index (χ0) is 40.1. The van der Waals surface area contributed by atoms with Crippen LogP contribution in [-0.2, 0) is 41.8 Å². The minimum absolute atomic E-state index is 0.0283. The lowest BCUT2D eigenvalue weighted by atomic mass is 9.94. The molecule has 2 aliphatic heterocycles. The normalized spacial score (nSPS) is 18.7. The Hall–Kier alpha value is -5.48. The summed E-state index contributed by atoms with van der Waals surface area (Å²) in [5, 5.41) is 2.29. The van der Waals surface area contributed by atoms with E-state index in [9.17, 15) is 19.2 Å². The fourth-order valence-corrected chi connectivity index (χ4v) is 7.33. The summed E-state index contributed by atoms with van der Waals surface area (Å²) in [7, 11) is 1.46. The largest absolute Gasteiger partial charge is 0.492 e. The van der Waals surface area contributed by atoms with Gasteiger partial charge in [0, 0.05) is 42.0 Å². The summed E-state index contributed by atoms with van der Waals surface area (Å²) >= 11 is 0. The first kappa shape index (κ1) is 40.2. The first-order valence-electron chi connectivity index (χ1n) is 18.6. The van der Waals surface area contributed by atoms with Gasteiger partial charge in [0.15, 0.2) is 29.5 Å². The van der Waals surface area contributed by atoms with Gasteiger partial charge in [0.1, 0.15) is 43.7 Å². The molecular weight excluding hydrogens is 727 g/mol. The maximum absolute atomic E-state index is 16.3. The highest BCUT2D eigenvalue weighted by molar-refractivity contribution is 5.98. The number of pyridine rings is 2. The second-order valence-corrected chi connectivity index (χ2v) is 14.2. The van der Waals surface area contributed by atoms with Crippen molar-refractivity contribution < 1.29 is 52.5 Å². The standard InChI is InChI=1S/C41H45FN4O10/c1-7-14-52-24(4)39(48)54-21-27-17-44-23(3)37(31(27)22-55-40(49)25(5)53-15-8-2)56-41(50)30-19-46(28-11-12-28)34-29(36(30)47)16-32(42)35(38(34)51-6)45-18-26-10-9-13-43-33(26)20-45/h1-2,16-17,19,24-26,28,33,43H,9-15,18,20-22H2,3-6H3/p+1. The molecule has 2 N–H and O–H groups in total. The zero-order valence-corrected chi connectivity index (χ0v) is 31.9. The van der Waals surface area contributed by atoms with Crippen molar-refractivity contribution in [1.29, 1.82) is 0 Å². The summed E-state index contributed by atoms with van der Waals surface area (Å²) in [6.07, 6.45) is 15.0. The number of carbonyl (C=O) groups is 3. The molecule has 56 heavy (non-hydrogen) atoms. The number of aryl methyl sites for hydroxylation is 1. The van der Waals surface area contributed by atoms with Crippen LogP contribution < -0.4 is 25.1 Å². The molecular formula is C41H46FN4O10+. The molecule has 1 aliphatic carbocycles. The van der Waals surface area contributed by atoms with Crippen LogP contribution in [0.5, 0.6) is 11.5 Å². The molecule has 0 spiro atoms. The summed E-state index contributed by atoms with van der Waals surface area (Å²) in [4.78, 5) is 60.1. The lowest BCUT2D eigenvalue weighted by molar-refractivity contribution is -0.699. The number of halogens is 1. The Morgan fingerprint density at radius 3 is 2.32 bits per heavy atom. The van der Waals surface area contributed by atoms with E-state index in [-0.39, 0.29) is 65.1 Å². The smallest absolute Gasteiger partial charge is 0.349 e. The van der Waals surface area contributed by atoms with Gasteiger partial charge >= 0.3 is 17.9 Å². The summed E-state index contributed by atoms with van der Waals surface area (Å²) in [5.74, 6) is 1.92. The number of methoxy groups -OCH3 is 1. The van der Waals surface area contributed by atoms with Crippen molar-refractivity contribution in [3.05, 3.63) is 56.9 Å². The number of anilines is 1. The Kier molecular flexibility index (Phi) is 12.6. The fourth-order valence-electron chi connectivity index (χ4n) is 7.33. The number of carbonyl (C=O) groups excluding carboxylic acids is 3. The van der Waals surface area contributed by atoms with Crippen molar-refractivity contribution in [1.82, 2.24) is 9.55 Å². The van der Waals surface area contributed by atoms with Crippen molar-refractivity contribution in [2.75, 3.05) is 44.9 Å². The number of benzene rings is 1. The van der Waals surface area contributed by atoms with Crippen LogP contribution in [0.2, 0.25) is 0 Å². The molecule has 296 valence electrons. The van der Waals surface area contributed by atoms with Gasteiger partial charge in [-0.2, -0.15) is 0 Å². The van der Waals surface area contributed by atoms with Gasteiger partial charge in [-0.25, -0.2) is 18.8 Å². The monoisotopic (exact) mass is 773 g/mol. The van der Waals surface area contributed by atoms with Crippen molar-refractivity contribution in [3.63, 3.8) is 0 Å². The molecule has 1 saturated carbocycles. The molecule has 3 aliphatic rings. The number of nitrogens with zero attached hydrogens (tertiary/aromatic N) is 3. The molecule has 3 fully saturated rings. The summed E-state index contributed by atoms with van der Waals surface area (Å²) in [5.41, 5.74) is 0.175. The predicted octanol–water partition coefficient (Wildman–Crippen LogP) is 2.73. The van der Waals surface area contributed by atoms with E-state index in [1.165, 1.54) is 39.4 Å². The van der Waals surface area contributed by atoms with Crippen LogP contribution >= 0.6 is 0 Å². The number of piperidine rings is 1. The highest BCUT2D eigenvalue weighted by Crippen LogP contribution is 2.45. The Labute approximate surface area is 323 Å². The molecule has 0 radical (unpaired) electrons. The van der Waals surface area contributed by atoms with Crippen molar-refractivity contribution in [2.45, 2.75) is 84.0 Å². The van der Waals surface area contributed by atoms with Crippen LogP contribution in [0, 0.1) is 43.3 Å².